The van der Waals surface area contributed by atoms with Gasteiger partial charge in [0.05, 0.1) is 5.56 Å². The number of aromatic hydroxyl groups is 1. The van der Waals surface area contributed by atoms with E-state index in [1.54, 1.807) is 23.9 Å². The Morgan fingerprint density at radius 3 is 2.78 bits per heavy atom. The highest BCUT2D eigenvalue weighted by molar-refractivity contribution is 8.00. The molecule has 0 aliphatic heterocycles. The predicted molar refractivity (Wildman–Crippen MR) is 75.5 cm³/mol. The SMILES string of the molecule is CSC1(CNC(=O)c2ccc(Cl)cc2O)CCC1. The summed E-state index contributed by atoms with van der Waals surface area (Å²) in [4.78, 5) is 12.0. The minimum absolute atomic E-state index is 0.0770. The second-order valence-corrected chi connectivity index (χ2v) is 6.30. The molecule has 0 aromatic heterocycles. The maximum Gasteiger partial charge on any atom is 0.255 e. The van der Waals surface area contributed by atoms with Crippen LogP contribution in [0.4, 0.5) is 0 Å². The first-order valence-electron chi connectivity index (χ1n) is 5.88. The zero-order valence-electron chi connectivity index (χ0n) is 10.2. The van der Waals surface area contributed by atoms with Gasteiger partial charge in [-0.2, -0.15) is 11.8 Å². The van der Waals surface area contributed by atoms with Crippen molar-refractivity contribution in [3.8, 4) is 5.75 Å². The Balaban J connectivity index is 1.99. The van der Waals surface area contributed by atoms with E-state index in [9.17, 15) is 9.90 Å². The molecule has 0 atom stereocenters. The Labute approximate surface area is 116 Å². The summed E-state index contributed by atoms with van der Waals surface area (Å²) in [5.41, 5.74) is 0.273. The van der Waals surface area contributed by atoms with E-state index < -0.39 is 0 Å². The lowest BCUT2D eigenvalue weighted by atomic mass is 9.84. The van der Waals surface area contributed by atoms with Gasteiger partial charge < -0.3 is 10.4 Å². The Kier molecular flexibility index (Phi) is 4.07. The number of halogens is 1. The van der Waals surface area contributed by atoms with E-state index in [-0.39, 0.29) is 22.0 Å². The van der Waals surface area contributed by atoms with Gasteiger partial charge >= 0.3 is 0 Å². The molecule has 0 unspecified atom stereocenters. The number of nitrogens with one attached hydrogen (secondary N) is 1. The van der Waals surface area contributed by atoms with Gasteiger partial charge in [0, 0.05) is 16.3 Å². The van der Waals surface area contributed by atoms with Gasteiger partial charge in [-0.15, -0.1) is 0 Å². The molecule has 0 spiro atoms. The number of carbonyl (C=O) groups excluding carboxylic acids is 1. The Hall–Kier alpha value is -0.870. The van der Waals surface area contributed by atoms with E-state index in [0.717, 1.165) is 12.8 Å². The number of carbonyl (C=O) groups is 1. The van der Waals surface area contributed by atoms with Crippen LogP contribution in [0, 0.1) is 0 Å². The second kappa shape index (κ2) is 5.41. The third kappa shape index (κ3) is 2.75. The van der Waals surface area contributed by atoms with E-state index in [4.69, 9.17) is 11.6 Å². The van der Waals surface area contributed by atoms with Crippen LogP contribution in [-0.4, -0.2) is 28.6 Å². The topological polar surface area (TPSA) is 49.3 Å². The van der Waals surface area contributed by atoms with Crippen molar-refractivity contribution in [3.63, 3.8) is 0 Å². The van der Waals surface area contributed by atoms with Crippen LogP contribution in [0.3, 0.4) is 0 Å². The largest absolute Gasteiger partial charge is 0.507 e. The molecule has 0 saturated heterocycles. The van der Waals surface area contributed by atoms with Crippen LogP contribution in [0.5, 0.6) is 5.75 Å². The van der Waals surface area contributed by atoms with Crippen LogP contribution >= 0.6 is 23.4 Å². The summed E-state index contributed by atoms with van der Waals surface area (Å²) < 4.78 is 0.192. The molecule has 1 aliphatic carbocycles. The second-order valence-electron chi connectivity index (χ2n) is 4.58. The molecular weight excluding hydrogens is 270 g/mol. The molecule has 3 nitrogen and oxygen atoms in total. The maximum absolute atomic E-state index is 12.0. The molecule has 2 rings (SSSR count). The fourth-order valence-corrected chi connectivity index (χ4v) is 3.14. The summed E-state index contributed by atoms with van der Waals surface area (Å²) >= 11 is 7.53. The third-order valence-corrected chi connectivity index (χ3v) is 5.13. The molecule has 98 valence electrons. The smallest absolute Gasteiger partial charge is 0.255 e. The normalized spacial score (nSPS) is 17.0. The number of phenolic OH excluding ortho intramolecular Hbond substituents is 1. The molecule has 0 radical (unpaired) electrons. The van der Waals surface area contributed by atoms with Gasteiger partial charge in [0.2, 0.25) is 0 Å². The van der Waals surface area contributed by atoms with Crippen molar-refractivity contribution in [3.05, 3.63) is 28.8 Å². The maximum atomic E-state index is 12.0. The van der Waals surface area contributed by atoms with Crippen molar-refractivity contribution >= 4 is 29.3 Å². The summed E-state index contributed by atoms with van der Waals surface area (Å²) in [6.07, 6.45) is 5.58. The lowest BCUT2D eigenvalue weighted by Crippen LogP contribution is -2.45. The minimum Gasteiger partial charge on any atom is -0.507 e. The minimum atomic E-state index is -0.246. The molecule has 0 heterocycles. The molecule has 1 fully saturated rings. The first-order chi connectivity index (χ1) is 8.56. The number of hydrogen-bond donors (Lipinski definition) is 2. The molecule has 18 heavy (non-hydrogen) atoms. The molecule has 1 amide bonds. The van der Waals surface area contributed by atoms with Crippen molar-refractivity contribution in [2.75, 3.05) is 12.8 Å². The van der Waals surface area contributed by atoms with Crippen molar-refractivity contribution in [1.82, 2.24) is 5.32 Å². The predicted octanol–water partition coefficient (Wildman–Crippen LogP) is 3.06. The molecular formula is C13H16ClNO2S. The molecule has 1 aliphatic rings. The molecule has 2 N–H and O–H groups in total. The van der Waals surface area contributed by atoms with E-state index in [2.05, 4.69) is 11.6 Å². The molecule has 0 bridgehead atoms. The first-order valence-corrected chi connectivity index (χ1v) is 7.48. The van der Waals surface area contributed by atoms with Gasteiger partial charge in [0.25, 0.3) is 5.91 Å². The average Bonchev–Trinajstić information content (AvgIpc) is 2.27. The Bertz CT molecular complexity index is 455. The number of hydrogen-bond acceptors (Lipinski definition) is 3. The Morgan fingerprint density at radius 1 is 1.56 bits per heavy atom. The van der Waals surface area contributed by atoms with Crippen LogP contribution in [-0.2, 0) is 0 Å². The van der Waals surface area contributed by atoms with E-state index in [1.807, 2.05) is 0 Å². The third-order valence-electron chi connectivity index (χ3n) is 3.47. The monoisotopic (exact) mass is 285 g/mol. The van der Waals surface area contributed by atoms with E-state index in [0.29, 0.717) is 11.6 Å². The Morgan fingerprint density at radius 2 is 2.28 bits per heavy atom. The van der Waals surface area contributed by atoms with Crippen LogP contribution in [0.15, 0.2) is 18.2 Å². The summed E-state index contributed by atoms with van der Waals surface area (Å²) in [5.74, 6) is -0.323. The molecule has 1 aromatic rings. The van der Waals surface area contributed by atoms with Gasteiger partial charge in [-0.05, 0) is 37.3 Å². The van der Waals surface area contributed by atoms with Crippen LogP contribution in [0.2, 0.25) is 5.02 Å². The van der Waals surface area contributed by atoms with E-state index in [1.165, 1.54) is 12.5 Å². The highest BCUT2D eigenvalue weighted by Crippen LogP contribution is 2.42. The zero-order valence-corrected chi connectivity index (χ0v) is 11.8. The van der Waals surface area contributed by atoms with Crippen molar-refractivity contribution < 1.29 is 9.90 Å². The average molecular weight is 286 g/mol. The van der Waals surface area contributed by atoms with Crippen molar-refractivity contribution in [2.45, 2.75) is 24.0 Å². The number of amides is 1. The highest BCUT2D eigenvalue weighted by Gasteiger charge is 2.36. The summed E-state index contributed by atoms with van der Waals surface area (Å²) in [6.45, 7) is 0.648. The fourth-order valence-electron chi connectivity index (χ4n) is 2.06. The standard InChI is InChI=1S/C13H16ClNO2S/c1-18-13(5-2-6-13)8-15-12(17)10-4-3-9(14)7-11(10)16/h3-4,7,16H,2,5-6,8H2,1H3,(H,15,17). The summed E-state index contributed by atoms with van der Waals surface area (Å²) in [6, 6.07) is 4.52. The number of benzene rings is 1. The van der Waals surface area contributed by atoms with Crippen LogP contribution < -0.4 is 5.32 Å². The van der Waals surface area contributed by atoms with Gasteiger partial charge in [-0.1, -0.05) is 18.0 Å². The summed E-state index contributed by atoms with van der Waals surface area (Å²) in [5, 5.41) is 13.0. The van der Waals surface area contributed by atoms with Gasteiger partial charge in [0.15, 0.2) is 0 Å². The molecule has 1 saturated carbocycles. The molecule has 5 heteroatoms. The summed E-state index contributed by atoms with van der Waals surface area (Å²) in [7, 11) is 0. The molecule has 1 aromatic carbocycles. The quantitative estimate of drug-likeness (QED) is 0.894. The van der Waals surface area contributed by atoms with Crippen molar-refractivity contribution in [2.24, 2.45) is 0 Å². The number of rotatable bonds is 4. The first kappa shape index (κ1) is 13.6. The van der Waals surface area contributed by atoms with Gasteiger partial charge in [-0.3, -0.25) is 4.79 Å². The van der Waals surface area contributed by atoms with Crippen molar-refractivity contribution in [1.29, 1.82) is 0 Å². The lowest BCUT2D eigenvalue weighted by molar-refractivity contribution is 0.0941. The number of phenols is 1. The van der Waals surface area contributed by atoms with Crippen LogP contribution in [0.1, 0.15) is 29.6 Å². The fraction of sp³-hybridized carbons (Fsp3) is 0.462. The lowest BCUT2D eigenvalue weighted by Gasteiger charge is -2.40. The highest BCUT2D eigenvalue weighted by atomic mass is 35.5. The van der Waals surface area contributed by atoms with E-state index >= 15 is 0 Å². The van der Waals surface area contributed by atoms with Gasteiger partial charge in [0.1, 0.15) is 5.75 Å². The zero-order chi connectivity index (χ0) is 13.2. The van der Waals surface area contributed by atoms with Gasteiger partial charge in [-0.25, -0.2) is 0 Å². The number of thioether (sulfide) groups is 1. The van der Waals surface area contributed by atoms with Crippen LogP contribution in [0.25, 0.3) is 0 Å².